The molecule has 0 atom stereocenters. The molecule has 1 aliphatic carbocycles. The van der Waals surface area contributed by atoms with E-state index in [0.717, 1.165) is 44.8 Å². The number of furan rings is 1. The summed E-state index contributed by atoms with van der Waals surface area (Å²) in [6.07, 6.45) is 12.4. The number of fused-ring (bicyclic) bond motifs is 3. The fourth-order valence-corrected chi connectivity index (χ4v) is 7.18. The van der Waals surface area contributed by atoms with Gasteiger partial charge in [0.25, 0.3) is 0 Å². The molecule has 7 rings (SSSR count). The minimum Gasteiger partial charge on any atom is -0.483 e. The van der Waals surface area contributed by atoms with Gasteiger partial charge in [0.15, 0.2) is 0 Å². The minimum atomic E-state index is -1.34. The Kier molecular flexibility index (Phi) is 8.93. The maximum absolute atomic E-state index is 5.68. The predicted molar refractivity (Wildman–Crippen MR) is 166 cm³/mol. The first-order valence-corrected chi connectivity index (χ1v) is 17.6. The molecule has 0 N–H and O–H groups in total. The molecular weight excluding hydrogens is 699 g/mol. The minimum absolute atomic E-state index is 0. The molecular formula is C35H33IrN3OSi-2. The van der Waals surface area contributed by atoms with Crippen LogP contribution in [0.5, 0.6) is 0 Å². The Hall–Kier alpha value is -3.44. The van der Waals surface area contributed by atoms with Crippen molar-refractivity contribution in [1.82, 2.24) is 15.0 Å². The van der Waals surface area contributed by atoms with Gasteiger partial charge in [-0.1, -0.05) is 74.4 Å². The molecule has 4 heterocycles. The molecule has 0 aliphatic heterocycles. The van der Waals surface area contributed by atoms with E-state index in [4.69, 9.17) is 9.40 Å². The number of nitrogens with zero attached hydrogens (tertiary/aromatic N) is 3. The molecule has 1 fully saturated rings. The molecule has 4 aromatic heterocycles. The van der Waals surface area contributed by atoms with E-state index in [2.05, 4.69) is 66.3 Å². The van der Waals surface area contributed by atoms with E-state index in [1.54, 1.807) is 16.9 Å². The molecule has 6 aromatic rings. The summed E-state index contributed by atoms with van der Waals surface area (Å²) < 4.78 is 5.68. The third-order valence-electron chi connectivity index (χ3n) is 7.65. The summed E-state index contributed by atoms with van der Waals surface area (Å²) in [6, 6.07) is 29.6. The summed E-state index contributed by atoms with van der Waals surface area (Å²) in [4.78, 5) is 13.3. The fraction of sp³-hybridized carbons (Fsp3) is 0.229. The largest absolute Gasteiger partial charge is 0.483 e. The van der Waals surface area contributed by atoms with Crippen molar-refractivity contribution in [3.8, 4) is 22.5 Å². The second-order valence-electron chi connectivity index (χ2n) is 11.5. The third-order valence-corrected chi connectivity index (χ3v) is 9.68. The van der Waals surface area contributed by atoms with Crippen molar-refractivity contribution in [2.75, 3.05) is 0 Å². The van der Waals surface area contributed by atoms with Crippen molar-refractivity contribution >= 4 is 35.3 Å². The van der Waals surface area contributed by atoms with Gasteiger partial charge < -0.3 is 19.4 Å². The molecule has 0 spiro atoms. The average Bonchev–Trinajstić information content (AvgIpc) is 3.66. The molecule has 0 amide bonds. The summed E-state index contributed by atoms with van der Waals surface area (Å²) in [5.74, 6) is 0.747. The van der Waals surface area contributed by atoms with Crippen LogP contribution in [-0.4, -0.2) is 23.0 Å². The van der Waals surface area contributed by atoms with Crippen molar-refractivity contribution in [2.24, 2.45) is 0 Å². The Labute approximate surface area is 256 Å². The second kappa shape index (κ2) is 12.6. The van der Waals surface area contributed by atoms with Crippen molar-refractivity contribution in [1.29, 1.82) is 0 Å². The Balaban J connectivity index is 0.000000161. The topological polar surface area (TPSA) is 51.8 Å². The Morgan fingerprint density at radius 3 is 2.32 bits per heavy atom. The van der Waals surface area contributed by atoms with Crippen molar-refractivity contribution < 1.29 is 24.5 Å². The van der Waals surface area contributed by atoms with Gasteiger partial charge >= 0.3 is 0 Å². The summed E-state index contributed by atoms with van der Waals surface area (Å²) in [7, 11) is -1.34. The third kappa shape index (κ3) is 6.40. The Morgan fingerprint density at radius 2 is 1.59 bits per heavy atom. The van der Waals surface area contributed by atoms with Gasteiger partial charge in [-0.05, 0) is 59.0 Å². The van der Waals surface area contributed by atoms with Gasteiger partial charge in [-0.2, -0.15) is 0 Å². The number of benzene rings is 2. The molecule has 1 radical (unpaired) electrons. The standard InChI is InChI=1S/C19H24NSi.C16H9N2O.Ir/c1-21(2,3)19-14-20-18(16-11-5-4-6-12-16)13-17(19)15-9-7-8-10-15;1-2-7-15-12(5-1)13-9-11(10-18-16(13)19-15)14-6-3-4-8-17-14;/h4-6,11,13-15H,7-10H2,1-3H3;1-9H;/q2*-1;. The summed E-state index contributed by atoms with van der Waals surface area (Å²) in [6.45, 7) is 7.28. The number of hydrogen-bond acceptors (Lipinski definition) is 4. The van der Waals surface area contributed by atoms with Gasteiger partial charge in [0.2, 0.25) is 0 Å². The molecule has 1 saturated carbocycles. The second-order valence-corrected chi connectivity index (χ2v) is 16.5. The molecule has 0 unspecified atom stereocenters. The van der Waals surface area contributed by atoms with E-state index in [-0.39, 0.29) is 20.1 Å². The zero-order valence-corrected chi connectivity index (χ0v) is 27.0. The Bertz CT molecular complexity index is 1740. The van der Waals surface area contributed by atoms with Crippen LogP contribution in [0, 0.1) is 12.3 Å². The molecule has 0 saturated heterocycles. The van der Waals surface area contributed by atoms with E-state index in [1.165, 1.54) is 25.7 Å². The Morgan fingerprint density at radius 1 is 0.805 bits per heavy atom. The SMILES string of the molecule is C[Si](C)(C)c1cnc(-c2[c-]cccc2)cc1C1CCCC1.[Ir].[c-]1nc2oc3ccccc3c2cc1-c1ccccn1. The molecule has 6 heteroatoms. The number of hydrogen-bond donors (Lipinski definition) is 0. The van der Waals surface area contributed by atoms with Crippen molar-refractivity contribution in [3.05, 3.63) is 109 Å². The first-order valence-electron chi connectivity index (χ1n) is 14.1. The normalized spacial score (nSPS) is 13.5. The molecule has 41 heavy (non-hydrogen) atoms. The zero-order valence-electron chi connectivity index (χ0n) is 23.6. The number of aromatic nitrogens is 3. The maximum Gasteiger partial charge on any atom is 0.141 e. The van der Waals surface area contributed by atoms with Crippen molar-refractivity contribution in [2.45, 2.75) is 51.2 Å². The summed E-state index contributed by atoms with van der Waals surface area (Å²) >= 11 is 0. The van der Waals surface area contributed by atoms with Crippen LogP contribution in [0.1, 0.15) is 37.2 Å². The van der Waals surface area contributed by atoms with E-state index < -0.39 is 8.07 Å². The number of rotatable bonds is 4. The van der Waals surface area contributed by atoms with E-state index in [1.807, 2.05) is 60.7 Å². The average molecular weight is 732 g/mol. The van der Waals surface area contributed by atoms with Gasteiger partial charge in [0.05, 0.1) is 8.07 Å². The molecule has 0 bridgehead atoms. The first-order chi connectivity index (χ1) is 19.5. The molecule has 209 valence electrons. The van der Waals surface area contributed by atoms with Crippen LogP contribution in [0.15, 0.2) is 95.7 Å². The quantitative estimate of drug-likeness (QED) is 0.135. The van der Waals surface area contributed by atoms with E-state index in [0.29, 0.717) is 5.71 Å². The summed E-state index contributed by atoms with van der Waals surface area (Å²) in [5.41, 5.74) is 6.96. The molecule has 1 aliphatic rings. The van der Waals surface area contributed by atoms with Gasteiger partial charge in [-0.25, -0.2) is 0 Å². The van der Waals surface area contributed by atoms with Gasteiger partial charge in [0.1, 0.15) is 11.3 Å². The van der Waals surface area contributed by atoms with Crippen LogP contribution in [0.3, 0.4) is 0 Å². The zero-order chi connectivity index (χ0) is 27.5. The van der Waals surface area contributed by atoms with Crippen LogP contribution in [0.25, 0.3) is 44.6 Å². The van der Waals surface area contributed by atoms with Gasteiger partial charge in [-0.3, -0.25) is 0 Å². The summed E-state index contributed by atoms with van der Waals surface area (Å²) in [5, 5.41) is 3.61. The van der Waals surface area contributed by atoms with E-state index in [9.17, 15) is 0 Å². The maximum atomic E-state index is 5.68. The van der Waals surface area contributed by atoms with Crippen LogP contribution in [0.2, 0.25) is 19.6 Å². The fourth-order valence-electron chi connectivity index (χ4n) is 5.59. The van der Waals surface area contributed by atoms with Crippen LogP contribution in [-0.2, 0) is 20.1 Å². The van der Waals surface area contributed by atoms with Gasteiger partial charge in [0, 0.05) is 37.9 Å². The number of para-hydroxylation sites is 1. The number of pyridine rings is 3. The van der Waals surface area contributed by atoms with E-state index >= 15 is 0 Å². The van der Waals surface area contributed by atoms with Crippen LogP contribution >= 0.6 is 0 Å². The van der Waals surface area contributed by atoms with Crippen LogP contribution < -0.4 is 5.19 Å². The van der Waals surface area contributed by atoms with Crippen LogP contribution in [0.4, 0.5) is 0 Å². The molecule has 4 nitrogen and oxygen atoms in total. The predicted octanol–water partition coefficient (Wildman–Crippen LogP) is 8.59. The smallest absolute Gasteiger partial charge is 0.141 e. The van der Waals surface area contributed by atoms with Crippen molar-refractivity contribution in [3.63, 3.8) is 0 Å². The monoisotopic (exact) mass is 732 g/mol. The first kappa shape index (κ1) is 29.1. The molecule has 2 aromatic carbocycles. The van der Waals surface area contributed by atoms with Gasteiger partial charge in [-0.15, -0.1) is 47.5 Å².